The molecule has 0 amide bonds. The maximum Gasteiger partial charge on any atom is 0.737 e. The van der Waals surface area contributed by atoms with Crippen molar-refractivity contribution in [1.29, 1.82) is 0 Å². The average molecular weight is 672 g/mol. The standard InChI is InChI=1S/C45H44B2F2N2/c1-27-22-29(3)42(30(4)23-27)46(43-31(5)24-28(2)25-32(43)6)39-19-16-37(17-20-39)18-21-40-35(9)45-41(38-14-12-11-13-15-38)44-33(7)26-34(8)50(44)47(48,49)51(45)36(40)10/h11-17,19-20,22-26H,1-10H3. The monoisotopic (exact) mass is 672 g/mol. The van der Waals surface area contributed by atoms with Crippen molar-refractivity contribution < 1.29 is 13.1 Å². The predicted octanol–water partition coefficient (Wildman–Crippen LogP) is 8.32. The minimum atomic E-state index is -4.13. The van der Waals surface area contributed by atoms with Crippen LogP contribution < -0.4 is 16.4 Å². The number of hydrogen-bond donors (Lipinski definition) is 0. The van der Waals surface area contributed by atoms with Crippen molar-refractivity contribution in [2.24, 2.45) is 0 Å². The Hall–Kier alpha value is -5.14. The van der Waals surface area contributed by atoms with Crippen LogP contribution in [0.3, 0.4) is 0 Å². The van der Waals surface area contributed by atoms with Gasteiger partial charge in [0.1, 0.15) is 5.71 Å². The van der Waals surface area contributed by atoms with Gasteiger partial charge in [0.25, 0.3) is 0 Å². The summed E-state index contributed by atoms with van der Waals surface area (Å²) >= 11 is 0. The Balaban J connectivity index is 1.35. The minimum absolute atomic E-state index is 0.0667. The number of allylic oxidation sites excluding steroid dienone is 2. The Labute approximate surface area is 302 Å². The van der Waals surface area contributed by atoms with E-state index in [0.717, 1.165) is 27.8 Å². The number of aromatic nitrogens is 1. The molecule has 0 saturated carbocycles. The van der Waals surface area contributed by atoms with Crippen LogP contribution in [-0.2, 0) is 0 Å². The van der Waals surface area contributed by atoms with Crippen molar-refractivity contribution in [3.8, 4) is 11.8 Å². The number of benzene rings is 4. The van der Waals surface area contributed by atoms with Crippen LogP contribution in [0.2, 0.25) is 0 Å². The Morgan fingerprint density at radius 3 is 1.69 bits per heavy atom. The molecule has 2 aliphatic heterocycles. The number of halogens is 2. The predicted molar refractivity (Wildman–Crippen MR) is 213 cm³/mol. The van der Waals surface area contributed by atoms with E-state index in [1.165, 1.54) is 58.7 Å². The molecule has 1 aromatic heterocycles. The summed E-state index contributed by atoms with van der Waals surface area (Å²) in [6.45, 7) is 16.5. The quantitative estimate of drug-likeness (QED) is 0.134. The molecule has 6 heteroatoms. The van der Waals surface area contributed by atoms with Gasteiger partial charge < -0.3 is 17.6 Å². The Kier molecular flexibility index (Phi) is 8.46. The summed E-state index contributed by atoms with van der Waals surface area (Å²) in [4.78, 5) is 0. The fraction of sp³-hybridized carbons (Fsp3) is 0.222. The van der Waals surface area contributed by atoms with Gasteiger partial charge in [0.05, 0.1) is 11.1 Å². The van der Waals surface area contributed by atoms with E-state index in [4.69, 9.17) is 0 Å². The van der Waals surface area contributed by atoms with E-state index in [9.17, 15) is 0 Å². The highest BCUT2D eigenvalue weighted by atomic mass is 19.2. The molecule has 2 nitrogen and oxygen atoms in total. The van der Waals surface area contributed by atoms with Crippen LogP contribution in [0, 0.1) is 67.2 Å². The lowest BCUT2D eigenvalue weighted by molar-refractivity contribution is -0.363. The van der Waals surface area contributed by atoms with E-state index >= 15 is 8.63 Å². The van der Waals surface area contributed by atoms with Gasteiger partial charge in [-0.3, -0.25) is 0 Å². The second kappa shape index (κ2) is 12.6. The van der Waals surface area contributed by atoms with Crippen LogP contribution >= 0.6 is 0 Å². The molecule has 0 aliphatic carbocycles. The second-order valence-electron chi connectivity index (χ2n) is 14.8. The van der Waals surface area contributed by atoms with Crippen LogP contribution in [0.4, 0.5) is 8.63 Å². The van der Waals surface area contributed by atoms with E-state index < -0.39 is 6.97 Å². The average Bonchev–Trinajstić information content (AvgIpc) is 3.50. The van der Waals surface area contributed by atoms with Gasteiger partial charge in [-0.05, 0) is 97.3 Å². The van der Waals surface area contributed by atoms with Crippen molar-refractivity contribution in [2.45, 2.75) is 69.2 Å². The molecule has 5 aromatic rings. The van der Waals surface area contributed by atoms with Crippen molar-refractivity contribution >= 4 is 41.4 Å². The van der Waals surface area contributed by atoms with E-state index in [1.807, 2.05) is 50.2 Å². The lowest BCUT2D eigenvalue weighted by atomic mass is 9.34. The SMILES string of the molecule is CC1=C(C#Cc2ccc(B(c3c(C)cc(C)cc3C)c3c(C)cc(C)cc3C)cc2)C(C)=[N+]2C1=C(c1ccccc1)c1c(C)cc(C)n1[B-]2(F)F. The van der Waals surface area contributed by atoms with Gasteiger partial charge in [-0.2, -0.15) is 0 Å². The minimum Gasteiger partial charge on any atom is -0.393 e. The molecule has 4 aromatic carbocycles. The number of hydrogen-bond acceptors (Lipinski definition) is 0. The molecule has 0 fully saturated rings. The normalized spacial score (nSPS) is 14.8. The summed E-state index contributed by atoms with van der Waals surface area (Å²) < 4.78 is 35.8. The molecular formula is C45H44B2F2N2. The molecule has 0 saturated heterocycles. The van der Waals surface area contributed by atoms with Gasteiger partial charge >= 0.3 is 6.97 Å². The fourth-order valence-corrected chi connectivity index (χ4v) is 9.04. The van der Waals surface area contributed by atoms with Crippen LogP contribution in [0.25, 0.3) is 5.57 Å². The Morgan fingerprint density at radius 2 is 1.16 bits per heavy atom. The van der Waals surface area contributed by atoms with Gasteiger partial charge in [0.15, 0.2) is 5.70 Å². The van der Waals surface area contributed by atoms with E-state index in [1.54, 1.807) is 13.8 Å². The van der Waals surface area contributed by atoms with Crippen LogP contribution in [0.15, 0.2) is 102 Å². The summed E-state index contributed by atoms with van der Waals surface area (Å²) in [5, 5.41) is 0. The van der Waals surface area contributed by atoms with Crippen LogP contribution in [-0.4, -0.2) is 28.4 Å². The van der Waals surface area contributed by atoms with Gasteiger partial charge in [-0.1, -0.05) is 128 Å². The van der Waals surface area contributed by atoms with Gasteiger partial charge in [0.2, 0.25) is 6.71 Å². The van der Waals surface area contributed by atoms with E-state index in [2.05, 4.69) is 102 Å². The van der Waals surface area contributed by atoms with Crippen molar-refractivity contribution in [1.82, 2.24) is 4.48 Å². The topological polar surface area (TPSA) is 7.94 Å². The highest BCUT2D eigenvalue weighted by Gasteiger charge is 2.56. The van der Waals surface area contributed by atoms with Crippen LogP contribution in [0.1, 0.15) is 75.3 Å². The van der Waals surface area contributed by atoms with Crippen molar-refractivity contribution in [2.75, 3.05) is 0 Å². The summed E-state index contributed by atoms with van der Waals surface area (Å²) in [6.07, 6.45) is 0. The molecule has 254 valence electrons. The first-order valence-electron chi connectivity index (χ1n) is 17.8. The zero-order valence-electron chi connectivity index (χ0n) is 31.4. The summed E-state index contributed by atoms with van der Waals surface area (Å²) in [7, 11) is 0. The number of nitrogens with zero attached hydrogens (tertiary/aromatic N) is 2. The van der Waals surface area contributed by atoms with Gasteiger partial charge in [-0.25, -0.2) is 0 Å². The first-order valence-corrected chi connectivity index (χ1v) is 17.8. The number of rotatable bonds is 4. The van der Waals surface area contributed by atoms with Crippen LogP contribution in [0.5, 0.6) is 0 Å². The summed E-state index contributed by atoms with van der Waals surface area (Å²) in [5.41, 5.74) is 18.6. The third-order valence-electron chi connectivity index (χ3n) is 10.9. The smallest absolute Gasteiger partial charge is 0.393 e. The highest BCUT2D eigenvalue weighted by Crippen LogP contribution is 2.45. The molecule has 0 radical (unpaired) electrons. The zero-order chi connectivity index (χ0) is 36.5. The first-order chi connectivity index (χ1) is 24.2. The van der Waals surface area contributed by atoms with Crippen molar-refractivity contribution in [3.63, 3.8) is 0 Å². The maximum absolute atomic E-state index is 16.7. The summed E-state index contributed by atoms with van der Waals surface area (Å²) in [5.74, 6) is 6.72. The largest absolute Gasteiger partial charge is 0.737 e. The molecule has 3 heterocycles. The second-order valence-corrected chi connectivity index (χ2v) is 14.8. The molecule has 7 rings (SSSR count). The molecular weight excluding hydrogens is 628 g/mol. The third-order valence-corrected chi connectivity index (χ3v) is 10.9. The number of fused-ring (bicyclic) bond motifs is 2. The maximum atomic E-state index is 16.7. The third kappa shape index (κ3) is 5.55. The van der Waals surface area contributed by atoms with E-state index in [0.29, 0.717) is 28.4 Å². The van der Waals surface area contributed by atoms with E-state index in [-0.39, 0.29) is 6.71 Å². The molecule has 0 spiro atoms. The summed E-state index contributed by atoms with van der Waals surface area (Å²) in [6, 6.07) is 29.4. The molecule has 0 N–H and O–H groups in total. The zero-order valence-corrected chi connectivity index (χ0v) is 31.4. The number of aryl methyl sites for hydroxylation is 8. The molecule has 0 atom stereocenters. The Bertz CT molecular complexity index is 2330. The molecule has 2 aliphatic rings. The van der Waals surface area contributed by atoms with Gasteiger partial charge in [-0.15, -0.1) is 0 Å². The molecule has 51 heavy (non-hydrogen) atoms. The fourth-order valence-electron chi connectivity index (χ4n) is 9.04. The Morgan fingerprint density at radius 1 is 0.627 bits per heavy atom. The lowest BCUT2D eigenvalue weighted by Gasteiger charge is -2.34. The van der Waals surface area contributed by atoms with Gasteiger partial charge in [0, 0.05) is 23.8 Å². The first kappa shape index (κ1) is 34.3. The lowest BCUT2D eigenvalue weighted by Crippen LogP contribution is -2.55. The van der Waals surface area contributed by atoms with Crippen molar-refractivity contribution in [3.05, 3.63) is 163 Å². The highest BCUT2D eigenvalue weighted by molar-refractivity contribution is 6.96. The molecule has 0 bridgehead atoms. The molecule has 0 unspecified atom stereocenters.